The van der Waals surface area contributed by atoms with Crippen LogP contribution in [0.2, 0.25) is 0 Å². The zero-order valence-electron chi connectivity index (χ0n) is 11.1. The predicted octanol–water partition coefficient (Wildman–Crippen LogP) is 3.83. The molecule has 1 aromatic heterocycles. The van der Waals surface area contributed by atoms with Gasteiger partial charge in [-0.05, 0) is 47.0 Å². The van der Waals surface area contributed by atoms with Gasteiger partial charge in [0.05, 0.1) is 5.69 Å². The molecule has 0 aliphatic heterocycles. The van der Waals surface area contributed by atoms with E-state index in [0.29, 0.717) is 5.82 Å². The number of hydrogen-bond acceptors (Lipinski definition) is 4. The normalized spacial score (nSPS) is 10.5. The van der Waals surface area contributed by atoms with Gasteiger partial charge in [-0.3, -0.25) is 0 Å². The Balaban J connectivity index is 2.29. The average molecular weight is 321 g/mol. The van der Waals surface area contributed by atoms with Crippen molar-refractivity contribution >= 4 is 33.3 Å². The molecule has 19 heavy (non-hydrogen) atoms. The second-order valence-corrected chi connectivity index (χ2v) is 5.31. The number of halogens is 1. The Morgan fingerprint density at radius 3 is 2.79 bits per heavy atom. The van der Waals surface area contributed by atoms with Crippen LogP contribution in [0, 0.1) is 6.92 Å². The Bertz CT molecular complexity index is 584. The van der Waals surface area contributed by atoms with E-state index in [0.717, 1.165) is 34.6 Å². The van der Waals surface area contributed by atoms with Crippen molar-refractivity contribution in [3.05, 3.63) is 40.1 Å². The van der Waals surface area contributed by atoms with E-state index in [1.165, 1.54) is 5.56 Å². The molecule has 4 nitrogen and oxygen atoms in total. The minimum atomic E-state index is 0.490. The summed E-state index contributed by atoms with van der Waals surface area (Å²) in [7, 11) is 0. The van der Waals surface area contributed by atoms with Crippen LogP contribution in [-0.4, -0.2) is 9.97 Å². The average Bonchev–Trinajstić information content (AvgIpc) is 2.33. The molecule has 0 aliphatic carbocycles. The monoisotopic (exact) mass is 320 g/mol. The highest BCUT2D eigenvalue weighted by Gasteiger charge is 2.05. The molecule has 0 unspecified atom stereocenters. The molecule has 3 N–H and O–H groups in total. The first kappa shape index (κ1) is 13.8. The van der Waals surface area contributed by atoms with E-state index in [-0.39, 0.29) is 0 Å². The third-order valence-electron chi connectivity index (χ3n) is 2.65. The fourth-order valence-electron chi connectivity index (χ4n) is 1.79. The summed E-state index contributed by atoms with van der Waals surface area (Å²) in [4.78, 5) is 8.69. The van der Waals surface area contributed by atoms with Crippen LogP contribution in [0.15, 0.2) is 28.7 Å². The summed E-state index contributed by atoms with van der Waals surface area (Å²) in [5, 5.41) is 3.27. The van der Waals surface area contributed by atoms with E-state index in [1.54, 1.807) is 6.07 Å². The minimum absolute atomic E-state index is 0.490. The lowest BCUT2D eigenvalue weighted by molar-refractivity contribution is 0.839. The van der Waals surface area contributed by atoms with Gasteiger partial charge >= 0.3 is 0 Å². The van der Waals surface area contributed by atoms with Gasteiger partial charge in [0.25, 0.3) is 0 Å². The molecular weight excluding hydrogens is 304 g/mol. The van der Waals surface area contributed by atoms with Crippen LogP contribution in [0.5, 0.6) is 0 Å². The summed E-state index contributed by atoms with van der Waals surface area (Å²) in [6.07, 6.45) is 1.83. The molecule has 0 atom stereocenters. The van der Waals surface area contributed by atoms with Gasteiger partial charge in [-0.2, -0.15) is 0 Å². The van der Waals surface area contributed by atoms with Crippen molar-refractivity contribution in [2.75, 3.05) is 11.1 Å². The molecule has 2 rings (SSSR count). The van der Waals surface area contributed by atoms with Gasteiger partial charge in [-0.1, -0.05) is 13.0 Å². The van der Waals surface area contributed by atoms with Gasteiger partial charge in [0.1, 0.15) is 17.5 Å². The van der Waals surface area contributed by atoms with Crippen LogP contribution in [-0.2, 0) is 6.42 Å². The maximum atomic E-state index is 5.81. The molecule has 0 aliphatic rings. The summed E-state index contributed by atoms with van der Waals surface area (Å²) in [6.45, 7) is 4.14. The van der Waals surface area contributed by atoms with Crippen molar-refractivity contribution in [3.63, 3.8) is 0 Å². The Morgan fingerprint density at radius 2 is 2.05 bits per heavy atom. The maximum absolute atomic E-state index is 5.81. The molecule has 0 saturated heterocycles. The Morgan fingerprint density at radius 1 is 1.26 bits per heavy atom. The number of nitrogens with zero attached hydrogens (tertiary/aromatic N) is 2. The van der Waals surface area contributed by atoms with Crippen molar-refractivity contribution in [1.82, 2.24) is 9.97 Å². The quantitative estimate of drug-likeness (QED) is 0.898. The molecule has 5 heteroatoms. The summed E-state index contributed by atoms with van der Waals surface area (Å²) < 4.78 is 0.993. The van der Waals surface area contributed by atoms with Gasteiger partial charge in [0.2, 0.25) is 0 Å². The topological polar surface area (TPSA) is 63.8 Å². The van der Waals surface area contributed by atoms with Crippen molar-refractivity contribution in [1.29, 1.82) is 0 Å². The van der Waals surface area contributed by atoms with Crippen molar-refractivity contribution in [3.8, 4) is 0 Å². The molecule has 0 radical (unpaired) electrons. The number of hydrogen-bond donors (Lipinski definition) is 2. The molecule has 1 aromatic carbocycles. The molecule has 2 aromatic rings. The highest BCUT2D eigenvalue weighted by molar-refractivity contribution is 9.10. The summed E-state index contributed by atoms with van der Waals surface area (Å²) in [5.41, 5.74) is 7.96. The first-order chi connectivity index (χ1) is 9.08. The molecule has 0 amide bonds. The lowest BCUT2D eigenvalue weighted by atomic mass is 10.2. The van der Waals surface area contributed by atoms with Gasteiger partial charge < -0.3 is 11.1 Å². The Kier molecular flexibility index (Phi) is 4.37. The van der Waals surface area contributed by atoms with Gasteiger partial charge in [0, 0.05) is 17.0 Å². The van der Waals surface area contributed by atoms with Gasteiger partial charge in [-0.25, -0.2) is 9.97 Å². The Hall–Kier alpha value is -1.62. The number of nitrogens with two attached hydrogens (primary N) is 1. The number of nitrogens with one attached hydrogen (secondary N) is 1. The lowest BCUT2D eigenvalue weighted by Gasteiger charge is -2.10. The lowest BCUT2D eigenvalue weighted by Crippen LogP contribution is -2.03. The van der Waals surface area contributed by atoms with Crippen LogP contribution < -0.4 is 11.1 Å². The molecule has 0 bridgehead atoms. The van der Waals surface area contributed by atoms with Crippen LogP contribution in [0.1, 0.15) is 24.7 Å². The molecule has 100 valence electrons. The van der Waals surface area contributed by atoms with Gasteiger partial charge in [-0.15, -0.1) is 0 Å². The smallest absolute Gasteiger partial charge is 0.136 e. The first-order valence-electron chi connectivity index (χ1n) is 6.25. The number of aryl methyl sites for hydroxylation is 2. The number of rotatable bonds is 4. The zero-order chi connectivity index (χ0) is 13.8. The zero-order valence-corrected chi connectivity index (χ0v) is 12.7. The second-order valence-electron chi connectivity index (χ2n) is 4.45. The van der Waals surface area contributed by atoms with Gasteiger partial charge in [0.15, 0.2) is 0 Å². The summed E-state index contributed by atoms with van der Waals surface area (Å²) in [6, 6.07) is 7.86. The molecular formula is C14H17BrN4. The molecule has 0 saturated carbocycles. The fourth-order valence-corrected chi connectivity index (χ4v) is 2.14. The van der Waals surface area contributed by atoms with Crippen LogP contribution in [0.25, 0.3) is 0 Å². The van der Waals surface area contributed by atoms with E-state index >= 15 is 0 Å². The number of benzene rings is 1. The largest absolute Gasteiger partial charge is 0.384 e. The van der Waals surface area contributed by atoms with Crippen LogP contribution in [0.3, 0.4) is 0 Å². The standard InChI is InChI=1S/C14H17BrN4/c1-3-4-13-18-12(16)8-14(19-13)17-11-7-9(2)5-6-10(11)15/h5-8H,3-4H2,1-2H3,(H3,16,17,18,19). The van der Waals surface area contributed by atoms with E-state index < -0.39 is 0 Å². The van der Waals surface area contributed by atoms with Crippen LogP contribution in [0.4, 0.5) is 17.3 Å². The Labute approximate surface area is 121 Å². The third-order valence-corrected chi connectivity index (χ3v) is 3.34. The number of aromatic nitrogens is 2. The summed E-state index contributed by atoms with van der Waals surface area (Å²) >= 11 is 3.52. The number of anilines is 3. The minimum Gasteiger partial charge on any atom is -0.384 e. The SMILES string of the molecule is CCCc1nc(N)cc(Nc2cc(C)ccc2Br)n1. The maximum Gasteiger partial charge on any atom is 0.136 e. The van der Waals surface area contributed by atoms with Crippen LogP contribution >= 0.6 is 15.9 Å². The first-order valence-corrected chi connectivity index (χ1v) is 7.04. The molecule has 0 spiro atoms. The molecule has 1 heterocycles. The van der Waals surface area contributed by atoms with E-state index in [4.69, 9.17) is 5.73 Å². The van der Waals surface area contributed by atoms with Crippen molar-refractivity contribution < 1.29 is 0 Å². The van der Waals surface area contributed by atoms with E-state index in [1.807, 2.05) is 12.1 Å². The van der Waals surface area contributed by atoms with E-state index in [2.05, 4.69) is 51.1 Å². The summed E-state index contributed by atoms with van der Waals surface area (Å²) in [5.74, 6) is 1.99. The second kappa shape index (κ2) is 6.02. The fraction of sp³-hybridized carbons (Fsp3) is 0.286. The molecule has 0 fully saturated rings. The predicted molar refractivity (Wildman–Crippen MR) is 82.6 cm³/mol. The third kappa shape index (κ3) is 3.67. The highest BCUT2D eigenvalue weighted by Crippen LogP contribution is 2.26. The number of nitrogen functional groups attached to an aromatic ring is 1. The van der Waals surface area contributed by atoms with E-state index in [9.17, 15) is 0 Å². The highest BCUT2D eigenvalue weighted by atomic mass is 79.9. The van der Waals surface area contributed by atoms with Crippen molar-refractivity contribution in [2.45, 2.75) is 26.7 Å². The van der Waals surface area contributed by atoms with Crippen molar-refractivity contribution in [2.24, 2.45) is 0 Å².